The molecule has 134 valence electrons. The van der Waals surface area contributed by atoms with Gasteiger partial charge in [-0.25, -0.2) is 9.98 Å². The molecule has 3 aliphatic rings. The number of aryl methyl sites for hydroxylation is 1. The SMILES string of the molecule is CCC1C(=O)N(C)C2=C(NC(n3cnc(C)c3)N=C2)N1C1CCCC1. The molecule has 1 amide bonds. The summed E-state index contributed by atoms with van der Waals surface area (Å²) in [4.78, 5) is 25.9. The molecule has 4 rings (SSSR count). The second kappa shape index (κ2) is 6.20. The van der Waals surface area contributed by atoms with Gasteiger partial charge in [-0.15, -0.1) is 0 Å². The Kier molecular flexibility index (Phi) is 4.01. The minimum absolute atomic E-state index is 0.101. The van der Waals surface area contributed by atoms with Gasteiger partial charge in [-0.3, -0.25) is 9.36 Å². The van der Waals surface area contributed by atoms with Crippen molar-refractivity contribution in [2.75, 3.05) is 7.05 Å². The van der Waals surface area contributed by atoms with E-state index in [0.717, 1.165) is 36.5 Å². The molecule has 0 aromatic carbocycles. The van der Waals surface area contributed by atoms with E-state index in [9.17, 15) is 4.79 Å². The fraction of sp³-hybridized carbons (Fsp3) is 0.611. The van der Waals surface area contributed by atoms with Crippen LogP contribution in [0.3, 0.4) is 0 Å². The highest BCUT2D eigenvalue weighted by Gasteiger charge is 2.42. The highest BCUT2D eigenvalue weighted by molar-refractivity contribution is 5.93. The molecule has 2 atom stereocenters. The van der Waals surface area contributed by atoms with Crippen LogP contribution in [0, 0.1) is 6.92 Å². The smallest absolute Gasteiger partial charge is 0.249 e. The molecule has 2 unspecified atom stereocenters. The molecule has 1 N–H and O–H groups in total. The zero-order valence-electron chi connectivity index (χ0n) is 15.1. The van der Waals surface area contributed by atoms with E-state index in [-0.39, 0.29) is 18.2 Å². The van der Waals surface area contributed by atoms with Gasteiger partial charge in [0.25, 0.3) is 0 Å². The first-order valence-corrected chi connectivity index (χ1v) is 9.20. The summed E-state index contributed by atoms with van der Waals surface area (Å²) in [6, 6.07) is 0.327. The van der Waals surface area contributed by atoms with E-state index in [0.29, 0.717) is 6.04 Å². The van der Waals surface area contributed by atoms with Gasteiger partial charge >= 0.3 is 0 Å². The number of rotatable bonds is 3. The van der Waals surface area contributed by atoms with E-state index in [2.05, 4.69) is 27.1 Å². The molecule has 7 heteroatoms. The van der Waals surface area contributed by atoms with Gasteiger partial charge in [0.2, 0.25) is 12.2 Å². The summed E-state index contributed by atoms with van der Waals surface area (Å²) in [5.74, 6) is 1.20. The van der Waals surface area contributed by atoms with Crippen molar-refractivity contribution in [3.8, 4) is 0 Å². The molecule has 1 aliphatic carbocycles. The lowest BCUT2D eigenvalue weighted by molar-refractivity contribution is -0.136. The molecule has 0 spiro atoms. The van der Waals surface area contributed by atoms with Crippen LogP contribution in [0.4, 0.5) is 0 Å². The van der Waals surface area contributed by atoms with Gasteiger partial charge in [0, 0.05) is 19.3 Å². The van der Waals surface area contributed by atoms with Gasteiger partial charge in [0.05, 0.1) is 18.2 Å². The molecule has 3 heterocycles. The third-order valence-corrected chi connectivity index (χ3v) is 5.54. The molecule has 0 bridgehead atoms. The predicted molar refractivity (Wildman–Crippen MR) is 95.6 cm³/mol. The summed E-state index contributed by atoms with van der Waals surface area (Å²) in [6.45, 7) is 4.07. The van der Waals surface area contributed by atoms with E-state index in [1.54, 1.807) is 11.2 Å². The molecule has 1 fully saturated rings. The maximum atomic E-state index is 12.9. The minimum atomic E-state index is -0.219. The number of likely N-dealkylation sites (N-methyl/N-ethyl adjacent to an activating group) is 1. The molecule has 1 saturated carbocycles. The maximum absolute atomic E-state index is 12.9. The van der Waals surface area contributed by atoms with E-state index < -0.39 is 0 Å². The summed E-state index contributed by atoms with van der Waals surface area (Å²) in [6.07, 6.45) is 11.0. The monoisotopic (exact) mass is 342 g/mol. The first-order chi connectivity index (χ1) is 12.1. The highest BCUT2D eigenvalue weighted by atomic mass is 16.2. The molecule has 0 radical (unpaired) electrons. The van der Waals surface area contributed by atoms with Crippen molar-refractivity contribution < 1.29 is 4.79 Å². The predicted octanol–water partition coefficient (Wildman–Crippen LogP) is 1.99. The van der Waals surface area contributed by atoms with E-state index in [1.807, 2.05) is 30.9 Å². The normalized spacial score (nSPS) is 27.1. The van der Waals surface area contributed by atoms with Gasteiger partial charge in [0.15, 0.2) is 0 Å². The molecule has 2 aliphatic heterocycles. The Morgan fingerprint density at radius 2 is 2.08 bits per heavy atom. The molecular formula is C18H26N6O. The summed E-state index contributed by atoms with van der Waals surface area (Å²) in [7, 11) is 1.85. The average Bonchev–Trinajstić information content (AvgIpc) is 3.29. The van der Waals surface area contributed by atoms with Crippen LogP contribution in [0.25, 0.3) is 0 Å². The number of nitrogens with zero attached hydrogens (tertiary/aromatic N) is 5. The van der Waals surface area contributed by atoms with Gasteiger partial charge < -0.3 is 15.1 Å². The third kappa shape index (κ3) is 2.62. The highest BCUT2D eigenvalue weighted by Crippen LogP contribution is 2.35. The number of carbonyl (C=O) groups excluding carboxylic acids is 1. The Hall–Kier alpha value is -2.31. The number of carbonyl (C=O) groups is 1. The number of aromatic nitrogens is 2. The van der Waals surface area contributed by atoms with Crippen molar-refractivity contribution in [1.29, 1.82) is 0 Å². The van der Waals surface area contributed by atoms with Gasteiger partial charge in [0.1, 0.15) is 17.6 Å². The zero-order chi connectivity index (χ0) is 17.6. The largest absolute Gasteiger partial charge is 0.342 e. The van der Waals surface area contributed by atoms with Crippen molar-refractivity contribution in [3.63, 3.8) is 0 Å². The number of aliphatic imine (C=N–C) groups is 1. The van der Waals surface area contributed by atoms with Gasteiger partial charge in [-0.05, 0) is 26.2 Å². The van der Waals surface area contributed by atoms with Gasteiger partial charge in [-0.2, -0.15) is 0 Å². The molecule has 25 heavy (non-hydrogen) atoms. The van der Waals surface area contributed by atoms with Crippen molar-refractivity contribution in [2.45, 2.75) is 64.3 Å². The molecule has 1 aromatic heterocycles. The Bertz CT molecular complexity index is 730. The maximum Gasteiger partial charge on any atom is 0.249 e. The summed E-state index contributed by atoms with van der Waals surface area (Å²) in [5, 5.41) is 3.56. The number of hydrogen-bond acceptors (Lipinski definition) is 5. The number of nitrogens with one attached hydrogen (secondary N) is 1. The number of amides is 1. The van der Waals surface area contributed by atoms with Crippen LogP contribution in [0.15, 0.2) is 29.0 Å². The Balaban J connectivity index is 1.72. The summed E-state index contributed by atoms with van der Waals surface area (Å²) >= 11 is 0. The van der Waals surface area contributed by atoms with Crippen molar-refractivity contribution in [2.24, 2.45) is 4.99 Å². The van der Waals surface area contributed by atoms with Crippen LogP contribution in [-0.4, -0.2) is 50.6 Å². The molecular weight excluding hydrogens is 316 g/mol. The molecule has 7 nitrogen and oxygen atoms in total. The Labute approximate surface area is 148 Å². The van der Waals surface area contributed by atoms with E-state index in [1.165, 1.54) is 12.8 Å². The van der Waals surface area contributed by atoms with Crippen molar-refractivity contribution in [1.82, 2.24) is 24.7 Å². The van der Waals surface area contributed by atoms with Crippen molar-refractivity contribution in [3.05, 3.63) is 29.7 Å². The summed E-state index contributed by atoms with van der Waals surface area (Å²) < 4.78 is 1.97. The number of imidazole rings is 1. The average molecular weight is 342 g/mol. The van der Waals surface area contributed by atoms with Crippen LogP contribution < -0.4 is 5.32 Å². The standard InChI is InChI=1S/C18H26N6O/c1-4-14-17(25)22(3)15-9-19-18(23-10-12(2)20-11-23)21-16(15)24(14)13-7-5-6-8-13/h9-11,13-14,18,21H,4-8H2,1-3H3. The minimum Gasteiger partial charge on any atom is -0.342 e. The fourth-order valence-electron chi connectivity index (χ4n) is 4.22. The summed E-state index contributed by atoms with van der Waals surface area (Å²) in [5.41, 5.74) is 1.83. The lowest BCUT2D eigenvalue weighted by Gasteiger charge is -2.47. The van der Waals surface area contributed by atoms with Crippen molar-refractivity contribution >= 4 is 12.1 Å². The number of allylic oxidation sites excluding steroid dienone is 1. The Morgan fingerprint density at radius 1 is 1.32 bits per heavy atom. The number of hydrogen-bond donors (Lipinski definition) is 1. The lowest BCUT2D eigenvalue weighted by Crippen LogP contribution is -2.59. The van der Waals surface area contributed by atoms with Crippen LogP contribution in [-0.2, 0) is 4.79 Å². The first kappa shape index (κ1) is 16.2. The lowest BCUT2D eigenvalue weighted by atomic mass is 10.0. The second-order valence-electron chi connectivity index (χ2n) is 7.16. The second-order valence-corrected chi connectivity index (χ2v) is 7.16. The first-order valence-electron chi connectivity index (χ1n) is 9.20. The van der Waals surface area contributed by atoms with E-state index >= 15 is 0 Å². The Morgan fingerprint density at radius 3 is 2.72 bits per heavy atom. The quantitative estimate of drug-likeness (QED) is 0.912. The van der Waals surface area contributed by atoms with Crippen LogP contribution in [0.5, 0.6) is 0 Å². The third-order valence-electron chi connectivity index (χ3n) is 5.54. The van der Waals surface area contributed by atoms with Crippen LogP contribution in [0.1, 0.15) is 51.0 Å². The molecule has 0 saturated heterocycles. The van der Waals surface area contributed by atoms with Crippen LogP contribution in [0.2, 0.25) is 0 Å². The van der Waals surface area contributed by atoms with Crippen LogP contribution >= 0.6 is 0 Å². The topological polar surface area (TPSA) is 65.8 Å². The van der Waals surface area contributed by atoms with E-state index in [4.69, 9.17) is 0 Å². The zero-order valence-corrected chi connectivity index (χ0v) is 15.1. The fourth-order valence-corrected chi connectivity index (χ4v) is 4.22. The van der Waals surface area contributed by atoms with Gasteiger partial charge in [-0.1, -0.05) is 19.8 Å². The molecule has 1 aromatic rings.